The minimum absolute atomic E-state index is 0.141. The Labute approximate surface area is 181 Å². The second kappa shape index (κ2) is 7.69. The summed E-state index contributed by atoms with van der Waals surface area (Å²) in [6, 6.07) is 7.27. The van der Waals surface area contributed by atoms with Crippen LogP contribution in [-0.2, 0) is 4.79 Å². The molecule has 2 aromatic heterocycles. The molecule has 0 bridgehead atoms. The molecule has 2 aliphatic heterocycles. The largest absolute Gasteiger partial charge is 0.485 e. The Kier molecular flexibility index (Phi) is 4.85. The third-order valence-corrected chi connectivity index (χ3v) is 6.78. The summed E-state index contributed by atoms with van der Waals surface area (Å²) >= 11 is 1.22. The first-order valence-electron chi connectivity index (χ1n) is 9.96. The predicted molar refractivity (Wildman–Crippen MR) is 114 cm³/mol. The first kappa shape index (κ1) is 19.6. The molecule has 0 radical (unpaired) electrons. The lowest BCUT2D eigenvalue weighted by Gasteiger charge is -2.37. The molecule has 31 heavy (non-hydrogen) atoms. The molecule has 0 unspecified atom stereocenters. The van der Waals surface area contributed by atoms with Gasteiger partial charge in [0.05, 0.1) is 16.6 Å². The monoisotopic (exact) mass is 440 g/mol. The number of para-hydroxylation sites is 2. The van der Waals surface area contributed by atoms with Crippen LogP contribution in [0.2, 0.25) is 0 Å². The van der Waals surface area contributed by atoms with E-state index in [9.17, 15) is 14.4 Å². The molecule has 1 aromatic carbocycles. The molecule has 2 aliphatic rings. The summed E-state index contributed by atoms with van der Waals surface area (Å²) in [7, 11) is 0. The average Bonchev–Trinajstić information content (AvgIpc) is 3.15. The molecule has 9 nitrogen and oxygen atoms in total. The predicted octanol–water partition coefficient (Wildman–Crippen LogP) is 1.42. The zero-order valence-corrected chi connectivity index (χ0v) is 17.6. The zero-order valence-electron chi connectivity index (χ0n) is 16.8. The summed E-state index contributed by atoms with van der Waals surface area (Å²) < 4.78 is 11.5. The lowest BCUT2D eigenvalue weighted by atomic mass is 10.2. The number of fused-ring (bicyclic) bond motifs is 2. The van der Waals surface area contributed by atoms with Crippen LogP contribution >= 0.6 is 11.3 Å². The van der Waals surface area contributed by atoms with E-state index in [-0.39, 0.29) is 24.0 Å². The molecule has 0 spiro atoms. The van der Waals surface area contributed by atoms with Crippen LogP contribution < -0.4 is 15.0 Å². The maximum Gasteiger partial charge on any atom is 0.267 e. The minimum atomic E-state index is -0.695. The Morgan fingerprint density at radius 3 is 2.58 bits per heavy atom. The second-order valence-corrected chi connectivity index (χ2v) is 8.45. The van der Waals surface area contributed by atoms with Crippen LogP contribution in [-0.4, -0.2) is 70.5 Å². The molecule has 0 saturated carbocycles. The fraction of sp³-hybridized carbons (Fsp3) is 0.333. The number of aryl methyl sites for hydroxylation is 1. The quantitative estimate of drug-likeness (QED) is 0.646. The molecule has 4 heterocycles. The maximum atomic E-state index is 13.1. The highest BCUT2D eigenvalue weighted by Gasteiger charge is 2.34. The van der Waals surface area contributed by atoms with E-state index in [1.54, 1.807) is 28.9 Å². The maximum absolute atomic E-state index is 13.1. The summed E-state index contributed by atoms with van der Waals surface area (Å²) in [5.74, 6) is 0.910. The van der Waals surface area contributed by atoms with Gasteiger partial charge in [0.1, 0.15) is 11.4 Å². The van der Waals surface area contributed by atoms with Gasteiger partial charge in [-0.2, -0.15) is 0 Å². The Morgan fingerprint density at radius 2 is 1.84 bits per heavy atom. The van der Waals surface area contributed by atoms with Crippen molar-refractivity contribution in [2.45, 2.75) is 13.0 Å². The van der Waals surface area contributed by atoms with Crippen molar-refractivity contribution in [3.8, 4) is 11.5 Å². The molecule has 1 atom stereocenters. The molecule has 0 aliphatic carbocycles. The Bertz CT molecular complexity index is 1230. The van der Waals surface area contributed by atoms with Crippen LogP contribution in [0.1, 0.15) is 15.2 Å². The van der Waals surface area contributed by atoms with Gasteiger partial charge >= 0.3 is 0 Å². The summed E-state index contributed by atoms with van der Waals surface area (Å²) in [5, 5.41) is 0.458. The van der Waals surface area contributed by atoms with Crippen molar-refractivity contribution in [2.24, 2.45) is 0 Å². The Hall–Kier alpha value is -3.40. The Morgan fingerprint density at radius 1 is 1.13 bits per heavy atom. The zero-order chi connectivity index (χ0) is 21.5. The van der Waals surface area contributed by atoms with Gasteiger partial charge in [-0.1, -0.05) is 12.1 Å². The molecule has 2 amide bonds. The molecule has 1 saturated heterocycles. The van der Waals surface area contributed by atoms with E-state index in [0.717, 1.165) is 0 Å². The number of carbonyl (C=O) groups excluding carboxylic acids is 2. The van der Waals surface area contributed by atoms with Gasteiger partial charge in [0, 0.05) is 26.2 Å². The van der Waals surface area contributed by atoms with Crippen molar-refractivity contribution in [3.05, 3.63) is 51.4 Å². The summed E-state index contributed by atoms with van der Waals surface area (Å²) in [6.07, 6.45) is 0.647. The topological polar surface area (TPSA) is 105 Å². The SMILES string of the molecule is Cc1c(C(=O)N2CCN(C(=O)[C@@H]3COc4ccccc4O3)CC2)sc2nc[nH]c(=O)c12. The molecule has 1 fully saturated rings. The number of aromatic nitrogens is 2. The highest BCUT2D eigenvalue weighted by molar-refractivity contribution is 7.20. The summed E-state index contributed by atoms with van der Waals surface area (Å²) in [6.45, 7) is 3.57. The number of thiophene rings is 1. The second-order valence-electron chi connectivity index (χ2n) is 7.45. The molecule has 1 N–H and O–H groups in total. The number of hydrogen-bond donors (Lipinski definition) is 1. The molecular formula is C21H20N4O5S. The molecule has 3 aromatic rings. The lowest BCUT2D eigenvalue weighted by molar-refractivity contribution is -0.142. The van der Waals surface area contributed by atoms with Crippen molar-refractivity contribution < 1.29 is 19.1 Å². The number of carbonyl (C=O) groups is 2. The highest BCUT2D eigenvalue weighted by Crippen LogP contribution is 2.31. The van der Waals surface area contributed by atoms with Crippen molar-refractivity contribution in [1.82, 2.24) is 19.8 Å². The van der Waals surface area contributed by atoms with Gasteiger partial charge in [-0.3, -0.25) is 14.4 Å². The molecule has 160 valence electrons. The summed E-state index contributed by atoms with van der Waals surface area (Å²) in [4.78, 5) is 49.2. The first-order valence-corrected chi connectivity index (χ1v) is 10.8. The van der Waals surface area contributed by atoms with Gasteiger partial charge in [-0.05, 0) is 24.6 Å². The van der Waals surface area contributed by atoms with E-state index in [4.69, 9.17) is 9.47 Å². The fourth-order valence-electron chi connectivity index (χ4n) is 3.90. The van der Waals surface area contributed by atoms with Crippen molar-refractivity contribution in [1.29, 1.82) is 0 Å². The van der Waals surface area contributed by atoms with Crippen molar-refractivity contribution in [3.63, 3.8) is 0 Å². The van der Waals surface area contributed by atoms with Gasteiger partial charge in [0.25, 0.3) is 17.4 Å². The number of aromatic amines is 1. The van der Waals surface area contributed by atoms with Crippen molar-refractivity contribution >= 4 is 33.4 Å². The van der Waals surface area contributed by atoms with Gasteiger partial charge in [-0.15, -0.1) is 11.3 Å². The molecule has 10 heteroatoms. The van der Waals surface area contributed by atoms with Crippen LogP contribution in [0.5, 0.6) is 11.5 Å². The van der Waals surface area contributed by atoms with E-state index >= 15 is 0 Å². The van der Waals surface area contributed by atoms with Gasteiger partial charge < -0.3 is 24.3 Å². The van der Waals surface area contributed by atoms with Crippen LogP contribution in [0.15, 0.2) is 35.4 Å². The number of nitrogens with one attached hydrogen (secondary N) is 1. The van der Waals surface area contributed by atoms with E-state index in [1.165, 1.54) is 17.7 Å². The molecule has 5 rings (SSSR count). The van der Waals surface area contributed by atoms with Gasteiger partial charge in [0.2, 0.25) is 6.10 Å². The number of rotatable bonds is 2. The van der Waals surface area contributed by atoms with Crippen molar-refractivity contribution in [2.75, 3.05) is 32.8 Å². The van der Waals surface area contributed by atoms with E-state index in [2.05, 4.69) is 9.97 Å². The van der Waals surface area contributed by atoms with Gasteiger partial charge in [0.15, 0.2) is 11.5 Å². The van der Waals surface area contributed by atoms with Crippen LogP contribution in [0.4, 0.5) is 0 Å². The number of amides is 2. The third-order valence-electron chi connectivity index (χ3n) is 5.59. The lowest BCUT2D eigenvalue weighted by Crippen LogP contribution is -2.55. The minimum Gasteiger partial charge on any atom is -0.485 e. The number of H-pyrrole nitrogens is 1. The number of piperazine rings is 1. The molecular weight excluding hydrogens is 420 g/mol. The standard InChI is InChI=1S/C21H20N4O5S/c1-12-16-18(26)22-11-23-19(16)31-17(12)21(28)25-8-6-24(7-9-25)20(27)15-10-29-13-4-2-3-5-14(13)30-15/h2-5,11,15H,6-10H2,1H3,(H,22,23,26)/t15-/m0/s1. The fourth-order valence-corrected chi connectivity index (χ4v) is 5.02. The normalized spacial score (nSPS) is 18.3. The van der Waals surface area contributed by atoms with E-state index in [1.807, 2.05) is 12.1 Å². The highest BCUT2D eigenvalue weighted by atomic mass is 32.1. The number of benzene rings is 1. The van der Waals surface area contributed by atoms with Crippen LogP contribution in [0, 0.1) is 6.92 Å². The Balaban J connectivity index is 1.25. The van der Waals surface area contributed by atoms with Crippen LogP contribution in [0.25, 0.3) is 10.2 Å². The smallest absolute Gasteiger partial charge is 0.267 e. The third kappa shape index (κ3) is 3.42. The summed E-state index contributed by atoms with van der Waals surface area (Å²) in [5.41, 5.74) is 0.397. The van der Waals surface area contributed by atoms with Crippen LogP contribution in [0.3, 0.4) is 0 Å². The number of nitrogens with zero attached hydrogens (tertiary/aromatic N) is 3. The number of hydrogen-bond acceptors (Lipinski definition) is 7. The number of ether oxygens (including phenoxy) is 2. The first-order chi connectivity index (χ1) is 15.0. The van der Waals surface area contributed by atoms with E-state index in [0.29, 0.717) is 58.3 Å². The van der Waals surface area contributed by atoms with Gasteiger partial charge in [-0.25, -0.2) is 4.98 Å². The average molecular weight is 440 g/mol. The van der Waals surface area contributed by atoms with E-state index < -0.39 is 6.10 Å².